The van der Waals surface area contributed by atoms with E-state index >= 15 is 0 Å². The fraction of sp³-hybridized carbons (Fsp3) is 1.00. The van der Waals surface area contributed by atoms with Crippen molar-refractivity contribution in [3.63, 3.8) is 0 Å². The molecule has 0 aliphatic rings. The van der Waals surface area contributed by atoms with Gasteiger partial charge in [-0.15, -0.1) is 0 Å². The second-order valence-electron chi connectivity index (χ2n) is 8.23. The van der Waals surface area contributed by atoms with Crippen molar-refractivity contribution >= 4 is 0 Å². The minimum absolute atomic E-state index is 0.680. The summed E-state index contributed by atoms with van der Waals surface area (Å²) >= 11 is 0. The van der Waals surface area contributed by atoms with Crippen LogP contribution in [-0.2, 0) is 4.74 Å². The first-order chi connectivity index (χ1) is 12.2. The van der Waals surface area contributed by atoms with Crippen LogP contribution in [0.1, 0.15) is 137 Å². The zero-order chi connectivity index (χ0) is 18.6. The number of hydrogen-bond donors (Lipinski definition) is 0. The molecule has 0 atom stereocenters. The van der Waals surface area contributed by atoms with Gasteiger partial charge in [0.05, 0.1) is 0 Å². The maximum absolute atomic E-state index is 5.41. The average molecular weight is 355 g/mol. The molecular weight excluding hydrogens is 304 g/mol. The lowest BCUT2D eigenvalue weighted by molar-refractivity contribution is 0.143. The summed E-state index contributed by atoms with van der Waals surface area (Å²) in [5.41, 5.74) is 0.680. The lowest BCUT2D eigenvalue weighted by atomic mass is 9.71. The van der Waals surface area contributed by atoms with Crippen LogP contribution in [0.2, 0.25) is 0 Å². The molecule has 0 unspecified atom stereocenters. The van der Waals surface area contributed by atoms with Crippen LogP contribution in [0.3, 0.4) is 0 Å². The minimum Gasteiger partial charge on any atom is -0.382 e. The highest BCUT2D eigenvalue weighted by atomic mass is 16.5. The van der Waals surface area contributed by atoms with Gasteiger partial charge in [-0.2, -0.15) is 0 Å². The van der Waals surface area contributed by atoms with Gasteiger partial charge >= 0.3 is 0 Å². The van der Waals surface area contributed by atoms with Gasteiger partial charge < -0.3 is 4.74 Å². The molecular formula is C24H50O. The van der Waals surface area contributed by atoms with Crippen LogP contribution in [-0.4, -0.2) is 13.2 Å². The molecule has 0 N–H and O–H groups in total. The molecule has 0 fully saturated rings. The summed E-state index contributed by atoms with van der Waals surface area (Å²) < 4.78 is 5.41. The lowest BCUT2D eigenvalue weighted by Crippen LogP contribution is -2.21. The quantitative estimate of drug-likeness (QED) is 0.199. The first-order valence-corrected chi connectivity index (χ1v) is 11.8. The van der Waals surface area contributed by atoms with E-state index < -0.39 is 0 Å². The molecule has 0 aromatic heterocycles. The largest absolute Gasteiger partial charge is 0.382 e. The SMILES string of the molecule is CCCCC(CCCC)(CCCC)CCCCCCCCCOCC. The third kappa shape index (κ3) is 14.8. The Hall–Kier alpha value is -0.0400. The Labute approximate surface area is 160 Å². The number of rotatable bonds is 20. The normalized spacial score (nSPS) is 12.0. The van der Waals surface area contributed by atoms with Crippen molar-refractivity contribution in [3.8, 4) is 0 Å². The number of ether oxygens (including phenoxy) is 1. The predicted octanol–water partition coefficient (Wildman–Crippen LogP) is 8.70. The Morgan fingerprint density at radius 2 is 0.880 bits per heavy atom. The van der Waals surface area contributed by atoms with E-state index in [9.17, 15) is 0 Å². The lowest BCUT2D eigenvalue weighted by Gasteiger charge is -2.35. The topological polar surface area (TPSA) is 9.23 Å². The van der Waals surface area contributed by atoms with Gasteiger partial charge in [0.15, 0.2) is 0 Å². The Morgan fingerprint density at radius 1 is 0.480 bits per heavy atom. The molecule has 0 saturated heterocycles. The zero-order valence-electron chi connectivity index (χ0n) is 18.3. The summed E-state index contributed by atoms with van der Waals surface area (Å²) in [6.45, 7) is 11.0. The van der Waals surface area contributed by atoms with Crippen LogP contribution in [0, 0.1) is 5.41 Å². The van der Waals surface area contributed by atoms with E-state index in [0.717, 1.165) is 13.2 Å². The molecule has 25 heavy (non-hydrogen) atoms. The molecule has 0 spiro atoms. The van der Waals surface area contributed by atoms with Gasteiger partial charge in [-0.3, -0.25) is 0 Å². The van der Waals surface area contributed by atoms with E-state index in [2.05, 4.69) is 27.7 Å². The highest BCUT2D eigenvalue weighted by Crippen LogP contribution is 2.41. The van der Waals surface area contributed by atoms with E-state index in [4.69, 9.17) is 4.74 Å². The summed E-state index contributed by atoms with van der Waals surface area (Å²) in [6.07, 6.45) is 24.2. The van der Waals surface area contributed by atoms with Crippen LogP contribution < -0.4 is 0 Å². The summed E-state index contributed by atoms with van der Waals surface area (Å²) in [5, 5.41) is 0. The van der Waals surface area contributed by atoms with Crippen LogP contribution >= 0.6 is 0 Å². The molecule has 0 heterocycles. The van der Waals surface area contributed by atoms with Crippen molar-refractivity contribution < 1.29 is 4.74 Å². The molecule has 0 radical (unpaired) electrons. The van der Waals surface area contributed by atoms with Crippen LogP contribution in [0.15, 0.2) is 0 Å². The maximum Gasteiger partial charge on any atom is 0.0465 e. The van der Waals surface area contributed by atoms with Crippen molar-refractivity contribution in [2.45, 2.75) is 137 Å². The van der Waals surface area contributed by atoms with Crippen molar-refractivity contribution in [3.05, 3.63) is 0 Å². The summed E-state index contributed by atoms with van der Waals surface area (Å²) in [4.78, 5) is 0. The Bertz CT molecular complexity index is 227. The maximum atomic E-state index is 5.41. The summed E-state index contributed by atoms with van der Waals surface area (Å²) in [6, 6.07) is 0. The van der Waals surface area contributed by atoms with Crippen LogP contribution in [0.5, 0.6) is 0 Å². The summed E-state index contributed by atoms with van der Waals surface area (Å²) in [7, 11) is 0. The zero-order valence-corrected chi connectivity index (χ0v) is 18.3. The molecule has 0 bridgehead atoms. The predicted molar refractivity (Wildman–Crippen MR) is 114 cm³/mol. The van der Waals surface area contributed by atoms with Gasteiger partial charge in [-0.05, 0) is 44.4 Å². The van der Waals surface area contributed by atoms with Crippen molar-refractivity contribution in [1.29, 1.82) is 0 Å². The smallest absolute Gasteiger partial charge is 0.0465 e. The van der Waals surface area contributed by atoms with Gasteiger partial charge in [-0.25, -0.2) is 0 Å². The number of hydrogen-bond acceptors (Lipinski definition) is 1. The fourth-order valence-electron chi connectivity index (χ4n) is 4.14. The van der Waals surface area contributed by atoms with Gasteiger partial charge in [0, 0.05) is 13.2 Å². The van der Waals surface area contributed by atoms with Crippen LogP contribution in [0.4, 0.5) is 0 Å². The molecule has 0 rings (SSSR count). The van der Waals surface area contributed by atoms with E-state index in [-0.39, 0.29) is 0 Å². The average Bonchev–Trinajstić information content (AvgIpc) is 2.64. The molecule has 0 aliphatic carbocycles. The monoisotopic (exact) mass is 354 g/mol. The Morgan fingerprint density at radius 3 is 1.32 bits per heavy atom. The van der Waals surface area contributed by atoms with Gasteiger partial charge in [0.25, 0.3) is 0 Å². The molecule has 0 aromatic carbocycles. The van der Waals surface area contributed by atoms with Crippen molar-refractivity contribution in [2.24, 2.45) is 5.41 Å². The summed E-state index contributed by atoms with van der Waals surface area (Å²) in [5.74, 6) is 0. The molecule has 1 heteroatoms. The molecule has 1 nitrogen and oxygen atoms in total. The Balaban J connectivity index is 4.01. The molecule has 0 aliphatic heterocycles. The Kier molecular flexibility index (Phi) is 18.7. The first kappa shape index (κ1) is 25.0. The second kappa shape index (κ2) is 18.7. The van der Waals surface area contributed by atoms with E-state index in [1.54, 1.807) is 0 Å². The van der Waals surface area contributed by atoms with Crippen molar-refractivity contribution in [1.82, 2.24) is 0 Å². The van der Waals surface area contributed by atoms with E-state index in [1.807, 2.05) is 0 Å². The van der Waals surface area contributed by atoms with Crippen LogP contribution in [0.25, 0.3) is 0 Å². The standard InChI is InChI=1S/C24H50O/c1-5-9-19-24(20-10-6-2,21-11-7-3)22-17-15-13-12-14-16-18-23-25-8-4/h5-23H2,1-4H3. The minimum atomic E-state index is 0.680. The first-order valence-electron chi connectivity index (χ1n) is 11.8. The molecule has 152 valence electrons. The van der Waals surface area contributed by atoms with Gasteiger partial charge in [0.2, 0.25) is 0 Å². The molecule has 0 saturated carbocycles. The van der Waals surface area contributed by atoms with E-state index in [1.165, 1.54) is 109 Å². The van der Waals surface area contributed by atoms with Gasteiger partial charge in [0.1, 0.15) is 0 Å². The number of unbranched alkanes of at least 4 members (excludes halogenated alkanes) is 9. The molecule has 0 aromatic rings. The molecule has 0 amide bonds. The fourth-order valence-corrected chi connectivity index (χ4v) is 4.14. The second-order valence-corrected chi connectivity index (χ2v) is 8.23. The van der Waals surface area contributed by atoms with E-state index in [0.29, 0.717) is 5.41 Å². The highest BCUT2D eigenvalue weighted by molar-refractivity contribution is 4.79. The van der Waals surface area contributed by atoms with Crippen molar-refractivity contribution in [2.75, 3.05) is 13.2 Å². The third-order valence-corrected chi connectivity index (χ3v) is 5.88. The third-order valence-electron chi connectivity index (χ3n) is 5.88. The van der Waals surface area contributed by atoms with Gasteiger partial charge in [-0.1, -0.05) is 97.8 Å². The highest BCUT2D eigenvalue weighted by Gasteiger charge is 2.27.